The predicted octanol–water partition coefficient (Wildman–Crippen LogP) is -0.385. The summed E-state index contributed by atoms with van der Waals surface area (Å²) in [5.41, 5.74) is 0. The number of rotatable bonds is 4. The molecule has 0 spiro atoms. The van der Waals surface area contributed by atoms with Crippen molar-refractivity contribution in [3.63, 3.8) is 0 Å². The summed E-state index contributed by atoms with van der Waals surface area (Å²) in [6.45, 7) is 2.65. The minimum Gasteiger partial charge on any atom is -0.724 e. The summed E-state index contributed by atoms with van der Waals surface area (Å²) in [5, 5.41) is 8.69. The van der Waals surface area contributed by atoms with Crippen molar-refractivity contribution < 1.29 is 31.2 Å². The van der Waals surface area contributed by atoms with Gasteiger partial charge >= 0.3 is 12.0 Å². The molecule has 1 aromatic rings. The van der Waals surface area contributed by atoms with Crippen LogP contribution in [0.1, 0.15) is 24.8 Å². The number of nitrogens with zero attached hydrogens (tertiary/aromatic N) is 5. The van der Waals surface area contributed by atoms with E-state index in [1.807, 2.05) is 4.90 Å². The average Bonchev–Trinajstić information content (AvgIpc) is 3.16. The second-order valence-electron chi connectivity index (χ2n) is 6.01. The summed E-state index contributed by atoms with van der Waals surface area (Å²) in [5.74, 6) is 0.278. The van der Waals surface area contributed by atoms with E-state index in [0.29, 0.717) is 50.2 Å². The molecule has 0 saturated carbocycles. The minimum atomic E-state index is -5.01. The molecule has 146 valence electrons. The lowest BCUT2D eigenvalue weighted by atomic mass is 10.0. The summed E-state index contributed by atoms with van der Waals surface area (Å²) < 4.78 is 47.7. The van der Waals surface area contributed by atoms with E-state index in [0.717, 1.165) is 0 Å². The number of quaternary nitrogens is 1. The van der Waals surface area contributed by atoms with Gasteiger partial charge in [0.2, 0.25) is 16.3 Å². The number of hydrogen-bond donors (Lipinski definition) is 1. The molecule has 13 nitrogen and oxygen atoms in total. The number of carbonyl (C=O) groups excluding carboxylic acids is 1. The number of hydrogen-bond acceptors (Lipinski definition) is 10. The number of amides is 2. The van der Waals surface area contributed by atoms with Gasteiger partial charge in [-0.1, -0.05) is 5.10 Å². The van der Waals surface area contributed by atoms with E-state index in [1.54, 1.807) is 0 Å². The van der Waals surface area contributed by atoms with Crippen LogP contribution in [0.15, 0.2) is 4.42 Å². The lowest BCUT2D eigenvalue weighted by molar-refractivity contribution is -0.0328. The zero-order valence-electron chi connectivity index (χ0n) is 14.1. The number of piperidine rings is 1. The number of anilines is 1. The van der Waals surface area contributed by atoms with Crippen molar-refractivity contribution in [2.24, 2.45) is 0 Å². The molecule has 4 rings (SSSR count). The van der Waals surface area contributed by atoms with Crippen molar-refractivity contribution in [2.45, 2.75) is 24.9 Å². The van der Waals surface area contributed by atoms with Crippen molar-refractivity contribution in [1.29, 1.82) is 0 Å². The highest BCUT2D eigenvalue weighted by Gasteiger charge is 2.48. The SMILES string of the molecule is O=C1N2C[C@@H](CC[C@H]2c2nnc(N3CCOCC3)o2)N1OS(=O)(=O)[O-].[NH4+]. The standard InChI is InChI=1S/C12H17N5O7S.H3N/c18-12-16-7-8(17(12)24-25(19,20)21)1-2-9(16)10-13-14-11(23-10)15-3-5-22-6-4-15;/h8-9H,1-7H2,(H,19,20,21);1H3/t8-,9+;/m1./s1. The Bertz CT molecular complexity index is 764. The first-order valence-corrected chi connectivity index (χ1v) is 9.17. The van der Waals surface area contributed by atoms with E-state index in [4.69, 9.17) is 9.15 Å². The van der Waals surface area contributed by atoms with Gasteiger partial charge in [0, 0.05) is 19.6 Å². The summed E-state index contributed by atoms with van der Waals surface area (Å²) >= 11 is 0. The van der Waals surface area contributed by atoms with E-state index in [-0.39, 0.29) is 18.6 Å². The van der Waals surface area contributed by atoms with Crippen molar-refractivity contribution >= 4 is 22.4 Å². The maximum atomic E-state index is 12.4. The Labute approximate surface area is 149 Å². The topological polar surface area (TPSA) is 178 Å². The van der Waals surface area contributed by atoms with Gasteiger partial charge in [0.05, 0.1) is 19.3 Å². The number of fused-ring (bicyclic) bond motifs is 2. The number of ether oxygens (including phenoxy) is 1. The maximum Gasteiger partial charge on any atom is 0.346 e. The van der Waals surface area contributed by atoms with Crippen LogP contribution in [0.4, 0.5) is 10.8 Å². The summed E-state index contributed by atoms with van der Waals surface area (Å²) in [6, 6.07) is -1.30. The van der Waals surface area contributed by atoms with Crippen LogP contribution < -0.4 is 11.1 Å². The largest absolute Gasteiger partial charge is 0.724 e. The molecular weight excluding hydrogens is 372 g/mol. The Morgan fingerprint density at radius 3 is 2.62 bits per heavy atom. The molecule has 3 saturated heterocycles. The monoisotopic (exact) mass is 392 g/mol. The van der Waals surface area contributed by atoms with E-state index < -0.39 is 28.5 Å². The van der Waals surface area contributed by atoms with E-state index in [9.17, 15) is 17.8 Å². The van der Waals surface area contributed by atoms with Gasteiger partial charge in [-0.05, 0) is 12.8 Å². The molecule has 0 radical (unpaired) electrons. The van der Waals surface area contributed by atoms with Crippen LogP contribution in [0, 0.1) is 0 Å². The van der Waals surface area contributed by atoms with Crippen LogP contribution in [-0.2, 0) is 19.4 Å². The molecule has 26 heavy (non-hydrogen) atoms. The van der Waals surface area contributed by atoms with Gasteiger partial charge in [0.15, 0.2) is 0 Å². The lowest BCUT2D eigenvalue weighted by Gasteiger charge is -2.28. The average molecular weight is 392 g/mol. The predicted molar refractivity (Wildman–Crippen MR) is 83.8 cm³/mol. The molecule has 3 aliphatic rings. The molecular formula is C12H20N6O7S. The van der Waals surface area contributed by atoms with Crippen LogP contribution in [0.25, 0.3) is 0 Å². The number of morpholine rings is 1. The van der Waals surface area contributed by atoms with E-state index >= 15 is 0 Å². The number of hydroxylamine groups is 2. The molecule has 3 aliphatic heterocycles. The molecule has 2 atom stereocenters. The minimum absolute atomic E-state index is 0. The summed E-state index contributed by atoms with van der Waals surface area (Å²) in [6.07, 6.45) is 0.956. The molecule has 2 bridgehead atoms. The third-order valence-corrected chi connectivity index (χ3v) is 4.83. The molecule has 2 amide bonds. The molecule has 4 N–H and O–H groups in total. The highest BCUT2D eigenvalue weighted by Crippen LogP contribution is 2.38. The Morgan fingerprint density at radius 2 is 1.92 bits per heavy atom. The fraction of sp³-hybridized carbons (Fsp3) is 0.750. The van der Waals surface area contributed by atoms with Crippen molar-refractivity contribution in [3.8, 4) is 0 Å². The highest BCUT2D eigenvalue weighted by atomic mass is 32.3. The fourth-order valence-electron chi connectivity index (χ4n) is 3.33. The quantitative estimate of drug-likeness (QED) is 0.524. The normalized spacial score (nSPS) is 26.2. The fourth-order valence-corrected chi connectivity index (χ4v) is 3.71. The van der Waals surface area contributed by atoms with Crippen molar-refractivity contribution in [3.05, 3.63) is 5.89 Å². The Hall–Kier alpha value is -2.00. The smallest absolute Gasteiger partial charge is 0.346 e. The Morgan fingerprint density at radius 1 is 1.19 bits per heavy atom. The highest BCUT2D eigenvalue weighted by molar-refractivity contribution is 7.80. The van der Waals surface area contributed by atoms with Crippen LogP contribution in [-0.4, -0.2) is 78.1 Å². The van der Waals surface area contributed by atoms with E-state index in [2.05, 4.69) is 14.5 Å². The molecule has 14 heteroatoms. The van der Waals surface area contributed by atoms with Gasteiger partial charge in [0.1, 0.15) is 6.04 Å². The second kappa shape index (κ2) is 6.96. The summed E-state index contributed by atoms with van der Waals surface area (Å²) in [7, 11) is -5.01. The third kappa shape index (κ3) is 3.45. The van der Waals surface area contributed by atoms with Gasteiger partial charge in [-0.2, -0.15) is 9.35 Å². The first-order valence-electron chi connectivity index (χ1n) is 7.84. The zero-order chi connectivity index (χ0) is 17.6. The first kappa shape index (κ1) is 18.8. The zero-order valence-corrected chi connectivity index (χ0v) is 14.9. The van der Waals surface area contributed by atoms with Gasteiger partial charge < -0.3 is 29.7 Å². The Kier molecular flexibility index (Phi) is 5.03. The molecule has 0 unspecified atom stereocenters. The van der Waals surface area contributed by atoms with Crippen molar-refractivity contribution in [1.82, 2.24) is 26.3 Å². The van der Waals surface area contributed by atoms with Crippen molar-refractivity contribution in [2.75, 3.05) is 37.7 Å². The molecule has 0 aliphatic carbocycles. The first-order chi connectivity index (χ1) is 11.9. The molecule has 0 aromatic carbocycles. The molecule has 1 aromatic heterocycles. The van der Waals surface area contributed by atoms with Crippen LogP contribution >= 0.6 is 0 Å². The number of urea groups is 1. The third-order valence-electron chi connectivity index (χ3n) is 4.49. The Balaban J connectivity index is 0.00000196. The number of aromatic nitrogens is 2. The van der Waals surface area contributed by atoms with Gasteiger partial charge in [-0.3, -0.25) is 0 Å². The summed E-state index contributed by atoms with van der Waals surface area (Å²) in [4.78, 5) is 15.6. The second-order valence-corrected chi connectivity index (χ2v) is 6.98. The van der Waals surface area contributed by atoms with Crippen LogP contribution in [0.5, 0.6) is 0 Å². The molecule has 3 fully saturated rings. The van der Waals surface area contributed by atoms with Crippen LogP contribution in [0.3, 0.4) is 0 Å². The van der Waals surface area contributed by atoms with Crippen LogP contribution in [0.2, 0.25) is 0 Å². The lowest BCUT2D eigenvalue weighted by Crippen LogP contribution is -2.36. The number of carbonyl (C=O) groups is 1. The maximum absolute atomic E-state index is 12.4. The van der Waals surface area contributed by atoms with Gasteiger partial charge in [-0.25, -0.2) is 13.2 Å². The van der Waals surface area contributed by atoms with E-state index in [1.165, 1.54) is 4.90 Å². The molecule has 4 heterocycles. The van der Waals surface area contributed by atoms with Gasteiger partial charge in [0.25, 0.3) is 0 Å². The van der Waals surface area contributed by atoms with Gasteiger partial charge in [-0.15, -0.1) is 5.10 Å².